The molecule has 2 rings (SSSR count). The molecule has 9 heteroatoms. The van der Waals surface area contributed by atoms with Gasteiger partial charge in [0.1, 0.15) is 16.7 Å². The largest absolute Gasteiger partial charge is 0.744 e. The summed E-state index contributed by atoms with van der Waals surface area (Å²) in [4.78, 5) is 13.0. The molecule has 0 saturated heterocycles. The molecule has 148 valence electrons. The normalized spacial score (nSPS) is 11.4. The molecule has 0 aliphatic heterocycles. The van der Waals surface area contributed by atoms with Crippen LogP contribution < -0.4 is 4.90 Å². The van der Waals surface area contributed by atoms with E-state index in [1.54, 1.807) is 19.1 Å². The third-order valence-corrected chi connectivity index (χ3v) is 4.55. The van der Waals surface area contributed by atoms with Crippen molar-refractivity contribution < 1.29 is 22.5 Å². The molecular formula is C19H20N3O5S-. The lowest BCUT2D eigenvalue weighted by molar-refractivity contribution is -0.138. The van der Waals surface area contributed by atoms with Gasteiger partial charge in [0.15, 0.2) is 0 Å². The summed E-state index contributed by atoms with van der Waals surface area (Å²) in [6.07, 6.45) is 0. The highest BCUT2D eigenvalue weighted by Crippen LogP contribution is 2.22. The highest BCUT2D eigenvalue weighted by atomic mass is 32.2. The fourth-order valence-corrected chi connectivity index (χ4v) is 2.57. The van der Waals surface area contributed by atoms with E-state index in [-0.39, 0.29) is 11.5 Å². The number of carbonyl (C=O) groups excluding carboxylic acids is 1. The van der Waals surface area contributed by atoms with Gasteiger partial charge in [-0.3, -0.25) is 0 Å². The van der Waals surface area contributed by atoms with Gasteiger partial charge in [-0.25, -0.2) is 13.2 Å². The molecular weight excluding hydrogens is 382 g/mol. The average Bonchev–Trinajstić information content (AvgIpc) is 2.66. The summed E-state index contributed by atoms with van der Waals surface area (Å²) >= 11 is 0. The number of azo groups is 1. The number of anilines is 1. The summed E-state index contributed by atoms with van der Waals surface area (Å²) < 4.78 is 37.8. The molecule has 0 bridgehead atoms. The van der Waals surface area contributed by atoms with Crippen LogP contribution in [0.3, 0.4) is 0 Å². The van der Waals surface area contributed by atoms with E-state index >= 15 is 0 Å². The maximum Gasteiger partial charge on any atom is 0.333 e. The van der Waals surface area contributed by atoms with Crippen LogP contribution in [0.5, 0.6) is 0 Å². The summed E-state index contributed by atoms with van der Waals surface area (Å²) in [7, 11) is -2.60. The molecule has 0 amide bonds. The van der Waals surface area contributed by atoms with E-state index in [4.69, 9.17) is 4.74 Å². The first kappa shape index (κ1) is 21.3. The second kappa shape index (κ2) is 9.25. The number of hydrogen-bond donors (Lipinski definition) is 0. The Morgan fingerprint density at radius 3 is 2.04 bits per heavy atom. The third kappa shape index (κ3) is 6.29. The number of ether oxygens (including phenoxy) is 1. The third-order valence-electron chi connectivity index (χ3n) is 3.71. The predicted octanol–water partition coefficient (Wildman–Crippen LogP) is 3.56. The van der Waals surface area contributed by atoms with Crippen molar-refractivity contribution in [2.24, 2.45) is 10.2 Å². The molecule has 2 aromatic carbocycles. The average molecular weight is 402 g/mol. The summed E-state index contributed by atoms with van der Waals surface area (Å²) in [6, 6.07) is 12.4. The van der Waals surface area contributed by atoms with Gasteiger partial charge in [0.2, 0.25) is 0 Å². The molecule has 0 radical (unpaired) electrons. The van der Waals surface area contributed by atoms with Gasteiger partial charge in [-0.2, -0.15) is 10.2 Å². The highest BCUT2D eigenvalue weighted by molar-refractivity contribution is 7.85. The highest BCUT2D eigenvalue weighted by Gasteiger charge is 2.05. The zero-order valence-corrected chi connectivity index (χ0v) is 16.3. The van der Waals surface area contributed by atoms with Gasteiger partial charge >= 0.3 is 5.97 Å². The molecule has 0 heterocycles. The molecule has 0 atom stereocenters. The number of carbonyl (C=O) groups is 1. The van der Waals surface area contributed by atoms with Crippen molar-refractivity contribution in [2.75, 3.05) is 25.1 Å². The molecule has 28 heavy (non-hydrogen) atoms. The molecule has 0 unspecified atom stereocenters. The standard InChI is InChI=1S/C19H21N3O5S/c1-14(2)19(23)27-13-12-22(3)17-8-4-15(5-9-17)20-21-16-6-10-18(11-7-16)28(24,25)26/h4-11H,1,12-13H2,2-3H3,(H,24,25,26)/p-1. The quantitative estimate of drug-likeness (QED) is 0.289. The van der Waals surface area contributed by atoms with Gasteiger partial charge in [0.05, 0.1) is 22.8 Å². The van der Waals surface area contributed by atoms with Crippen molar-refractivity contribution in [1.29, 1.82) is 0 Å². The Kier molecular flexibility index (Phi) is 7.02. The minimum absolute atomic E-state index is 0.249. The maximum atomic E-state index is 11.4. The first-order valence-corrected chi connectivity index (χ1v) is 9.69. The van der Waals surface area contributed by atoms with E-state index in [1.807, 2.05) is 24.1 Å². The number of rotatable bonds is 8. The number of benzene rings is 2. The summed E-state index contributed by atoms with van der Waals surface area (Å²) in [5.74, 6) is -0.412. The van der Waals surface area contributed by atoms with E-state index < -0.39 is 16.1 Å². The molecule has 0 N–H and O–H groups in total. The minimum Gasteiger partial charge on any atom is -0.744 e. The Hall–Kier alpha value is -3.04. The van der Waals surface area contributed by atoms with Crippen molar-refractivity contribution >= 4 is 33.1 Å². The van der Waals surface area contributed by atoms with Gasteiger partial charge in [-0.05, 0) is 55.5 Å². The van der Waals surface area contributed by atoms with Crippen LogP contribution in [-0.4, -0.2) is 39.1 Å². The van der Waals surface area contributed by atoms with Crippen molar-refractivity contribution in [3.63, 3.8) is 0 Å². The molecule has 0 aliphatic carbocycles. The van der Waals surface area contributed by atoms with Crippen molar-refractivity contribution in [3.8, 4) is 0 Å². The molecule has 0 aliphatic rings. The van der Waals surface area contributed by atoms with Crippen LogP contribution in [0.25, 0.3) is 0 Å². The predicted molar refractivity (Wildman–Crippen MR) is 104 cm³/mol. The number of nitrogens with zero attached hydrogens (tertiary/aromatic N) is 3. The van der Waals surface area contributed by atoms with Gasteiger partial charge < -0.3 is 14.2 Å². The monoisotopic (exact) mass is 402 g/mol. The van der Waals surface area contributed by atoms with Crippen LogP contribution in [0.1, 0.15) is 6.92 Å². The summed E-state index contributed by atoms with van der Waals surface area (Å²) in [6.45, 7) is 5.89. The minimum atomic E-state index is -4.47. The summed E-state index contributed by atoms with van der Waals surface area (Å²) in [5, 5.41) is 8.08. The Balaban J connectivity index is 1.93. The van der Waals surface area contributed by atoms with Crippen LogP contribution in [0.4, 0.5) is 17.1 Å². The number of esters is 1. The second-order valence-corrected chi connectivity index (χ2v) is 7.38. The first-order valence-electron chi connectivity index (χ1n) is 8.28. The molecule has 0 saturated carbocycles. The Bertz CT molecular complexity index is 968. The van der Waals surface area contributed by atoms with Crippen LogP contribution >= 0.6 is 0 Å². The van der Waals surface area contributed by atoms with E-state index in [1.165, 1.54) is 24.3 Å². The second-order valence-electron chi connectivity index (χ2n) is 6.00. The Morgan fingerprint density at radius 2 is 1.57 bits per heavy atom. The van der Waals surface area contributed by atoms with Gasteiger partial charge in [0, 0.05) is 18.3 Å². The molecule has 2 aromatic rings. The fraction of sp³-hybridized carbons (Fsp3) is 0.211. The van der Waals surface area contributed by atoms with Crippen molar-refractivity contribution in [1.82, 2.24) is 0 Å². The van der Waals surface area contributed by atoms with Crippen LogP contribution in [-0.2, 0) is 19.6 Å². The van der Waals surface area contributed by atoms with Crippen LogP contribution in [0.2, 0.25) is 0 Å². The van der Waals surface area contributed by atoms with E-state index in [2.05, 4.69) is 16.8 Å². The zero-order valence-electron chi connectivity index (χ0n) is 15.5. The van der Waals surface area contributed by atoms with Gasteiger partial charge in [-0.1, -0.05) is 6.58 Å². The summed E-state index contributed by atoms with van der Waals surface area (Å²) in [5.41, 5.74) is 2.30. The smallest absolute Gasteiger partial charge is 0.333 e. The lowest BCUT2D eigenvalue weighted by atomic mass is 10.2. The number of likely N-dealkylation sites (N-methyl/N-ethyl adjacent to an activating group) is 1. The van der Waals surface area contributed by atoms with E-state index in [0.717, 1.165) is 5.69 Å². The lowest BCUT2D eigenvalue weighted by Gasteiger charge is -2.19. The molecule has 0 spiro atoms. The molecule has 8 nitrogen and oxygen atoms in total. The Labute approximate surface area is 163 Å². The van der Waals surface area contributed by atoms with Crippen molar-refractivity contribution in [2.45, 2.75) is 11.8 Å². The van der Waals surface area contributed by atoms with Crippen LogP contribution in [0, 0.1) is 0 Å². The lowest BCUT2D eigenvalue weighted by Crippen LogP contribution is -2.23. The Morgan fingerprint density at radius 1 is 1.07 bits per heavy atom. The topological polar surface area (TPSA) is 111 Å². The van der Waals surface area contributed by atoms with E-state index in [0.29, 0.717) is 23.5 Å². The van der Waals surface area contributed by atoms with Gasteiger partial charge in [-0.15, -0.1) is 0 Å². The maximum absolute atomic E-state index is 11.4. The van der Waals surface area contributed by atoms with Crippen LogP contribution in [0.15, 0.2) is 75.8 Å². The SMILES string of the molecule is C=C(C)C(=O)OCCN(C)c1ccc(N=Nc2ccc(S(=O)(=O)[O-])cc2)cc1. The first-order chi connectivity index (χ1) is 13.2. The van der Waals surface area contributed by atoms with E-state index in [9.17, 15) is 17.8 Å². The molecule has 0 aromatic heterocycles. The zero-order chi connectivity index (χ0) is 20.7. The number of hydrogen-bond acceptors (Lipinski definition) is 8. The fourth-order valence-electron chi connectivity index (χ4n) is 2.10. The van der Waals surface area contributed by atoms with Gasteiger partial charge in [0.25, 0.3) is 0 Å². The molecule has 0 fully saturated rings. The van der Waals surface area contributed by atoms with Crippen molar-refractivity contribution in [3.05, 3.63) is 60.7 Å².